The van der Waals surface area contributed by atoms with Crippen LogP contribution in [0.1, 0.15) is 29.8 Å². The lowest BCUT2D eigenvalue weighted by Gasteiger charge is -2.17. The summed E-state index contributed by atoms with van der Waals surface area (Å²) in [4.78, 5) is 9.19. The second kappa shape index (κ2) is 6.62. The third-order valence-corrected chi connectivity index (χ3v) is 4.12. The van der Waals surface area contributed by atoms with Gasteiger partial charge in [0.15, 0.2) is 5.82 Å². The smallest absolute Gasteiger partial charge is 0.159 e. The maximum absolute atomic E-state index is 13.3. The molecule has 0 aliphatic rings. The number of hydrogen-bond donors (Lipinski definition) is 1. The van der Waals surface area contributed by atoms with Crippen LogP contribution in [0.3, 0.4) is 0 Å². The second-order valence-corrected chi connectivity index (χ2v) is 6.07. The summed E-state index contributed by atoms with van der Waals surface area (Å²) in [5.74, 6) is 0.696. The van der Waals surface area contributed by atoms with E-state index in [0.717, 1.165) is 23.5 Å². The van der Waals surface area contributed by atoms with Gasteiger partial charge in [0.2, 0.25) is 0 Å². The van der Waals surface area contributed by atoms with Crippen LogP contribution in [0.25, 0.3) is 11.4 Å². The van der Waals surface area contributed by atoms with Crippen LogP contribution in [-0.4, -0.2) is 23.6 Å². The molecule has 0 fully saturated rings. The molecule has 21 heavy (non-hydrogen) atoms. The van der Waals surface area contributed by atoms with E-state index in [1.807, 2.05) is 20.9 Å². The van der Waals surface area contributed by atoms with Crippen molar-refractivity contribution in [1.82, 2.24) is 15.3 Å². The Bertz CT molecular complexity index is 635. The lowest BCUT2D eigenvalue weighted by Crippen LogP contribution is -2.17. The second-order valence-electron chi connectivity index (χ2n) is 5.22. The first-order valence-corrected chi connectivity index (χ1v) is 7.68. The first kappa shape index (κ1) is 16.0. The summed E-state index contributed by atoms with van der Waals surface area (Å²) < 4.78 is 13.8. The molecule has 1 atom stereocenters. The number of rotatable bonds is 4. The molecule has 0 bridgehead atoms. The molecule has 0 saturated heterocycles. The van der Waals surface area contributed by atoms with Gasteiger partial charge in [0, 0.05) is 23.5 Å². The summed E-state index contributed by atoms with van der Waals surface area (Å²) in [5, 5.41) is 3.18. The molecule has 1 aromatic carbocycles. The normalized spacial score (nSPS) is 12.5. The summed E-state index contributed by atoms with van der Waals surface area (Å²) in [6.45, 7) is 7.03. The molecule has 5 heteroatoms. The van der Waals surface area contributed by atoms with Gasteiger partial charge in [-0.1, -0.05) is 6.92 Å². The van der Waals surface area contributed by atoms with E-state index in [2.05, 4.69) is 38.1 Å². The summed E-state index contributed by atoms with van der Waals surface area (Å²) in [6, 6.07) is 4.83. The highest BCUT2D eigenvalue weighted by molar-refractivity contribution is 9.10. The standard InChI is InChI=1S/C16H19BrFN3/c1-9(8-19-4)15-10(2)20-16(21-11(15)3)12-5-6-14(18)13(17)7-12/h5-7,9,19H,8H2,1-4H3. The maximum Gasteiger partial charge on any atom is 0.159 e. The van der Waals surface area contributed by atoms with Crippen molar-refractivity contribution in [2.75, 3.05) is 13.6 Å². The molecule has 2 aromatic rings. The highest BCUT2D eigenvalue weighted by Gasteiger charge is 2.15. The SMILES string of the molecule is CNCC(C)c1c(C)nc(-c2ccc(F)c(Br)c2)nc1C. The zero-order chi connectivity index (χ0) is 15.6. The minimum atomic E-state index is -0.286. The zero-order valence-electron chi connectivity index (χ0n) is 12.7. The number of aromatic nitrogens is 2. The number of nitrogens with zero attached hydrogens (tertiary/aromatic N) is 2. The van der Waals surface area contributed by atoms with Gasteiger partial charge in [-0.25, -0.2) is 14.4 Å². The van der Waals surface area contributed by atoms with Crippen LogP contribution in [0.5, 0.6) is 0 Å². The van der Waals surface area contributed by atoms with Crippen molar-refractivity contribution in [2.45, 2.75) is 26.7 Å². The molecule has 112 valence electrons. The van der Waals surface area contributed by atoms with Crippen LogP contribution in [0.2, 0.25) is 0 Å². The highest BCUT2D eigenvalue weighted by atomic mass is 79.9. The van der Waals surface area contributed by atoms with E-state index in [1.54, 1.807) is 12.1 Å². The number of aryl methyl sites for hydroxylation is 2. The van der Waals surface area contributed by atoms with Crippen molar-refractivity contribution < 1.29 is 4.39 Å². The van der Waals surface area contributed by atoms with Gasteiger partial charge >= 0.3 is 0 Å². The molecule has 1 N–H and O–H groups in total. The fourth-order valence-corrected chi connectivity index (χ4v) is 2.99. The number of nitrogens with one attached hydrogen (secondary N) is 1. The van der Waals surface area contributed by atoms with Gasteiger partial charge in [-0.15, -0.1) is 0 Å². The summed E-state index contributed by atoms with van der Waals surface area (Å²) >= 11 is 3.20. The minimum absolute atomic E-state index is 0.286. The summed E-state index contributed by atoms with van der Waals surface area (Å²) in [6.07, 6.45) is 0. The topological polar surface area (TPSA) is 37.8 Å². The van der Waals surface area contributed by atoms with E-state index >= 15 is 0 Å². The summed E-state index contributed by atoms with van der Waals surface area (Å²) in [5.41, 5.74) is 3.93. The van der Waals surface area contributed by atoms with Crippen LogP contribution < -0.4 is 5.32 Å². The van der Waals surface area contributed by atoms with Crippen LogP contribution in [0.15, 0.2) is 22.7 Å². The van der Waals surface area contributed by atoms with E-state index in [0.29, 0.717) is 16.2 Å². The van der Waals surface area contributed by atoms with Crippen molar-refractivity contribution >= 4 is 15.9 Å². The average molecular weight is 352 g/mol. The van der Waals surface area contributed by atoms with Crippen LogP contribution in [0, 0.1) is 19.7 Å². The predicted molar refractivity (Wildman–Crippen MR) is 86.9 cm³/mol. The molecule has 1 heterocycles. The third-order valence-electron chi connectivity index (χ3n) is 3.51. The van der Waals surface area contributed by atoms with Gasteiger partial charge in [0.05, 0.1) is 4.47 Å². The Morgan fingerprint density at radius 2 is 1.86 bits per heavy atom. The Hall–Kier alpha value is -1.33. The molecule has 1 unspecified atom stereocenters. The summed E-state index contributed by atoms with van der Waals surface area (Å²) in [7, 11) is 1.94. The van der Waals surface area contributed by atoms with Gasteiger partial charge < -0.3 is 5.32 Å². The van der Waals surface area contributed by atoms with Crippen LogP contribution >= 0.6 is 15.9 Å². The molecular formula is C16H19BrFN3. The fraction of sp³-hybridized carbons (Fsp3) is 0.375. The molecule has 2 rings (SSSR count). The van der Waals surface area contributed by atoms with Crippen LogP contribution in [0.4, 0.5) is 4.39 Å². The molecule has 0 saturated carbocycles. The molecule has 3 nitrogen and oxygen atoms in total. The van der Waals surface area contributed by atoms with Crippen molar-refractivity contribution in [3.05, 3.63) is 45.4 Å². The van der Waals surface area contributed by atoms with Crippen LogP contribution in [-0.2, 0) is 0 Å². The number of hydrogen-bond acceptors (Lipinski definition) is 3. The molecule has 0 spiro atoms. The Kier molecular flexibility index (Phi) is 5.06. The van der Waals surface area contributed by atoms with Crippen molar-refractivity contribution in [1.29, 1.82) is 0 Å². The lowest BCUT2D eigenvalue weighted by atomic mass is 9.98. The fourth-order valence-electron chi connectivity index (χ4n) is 2.61. The maximum atomic E-state index is 13.3. The molecule has 0 aliphatic heterocycles. The molecular weight excluding hydrogens is 333 g/mol. The Morgan fingerprint density at radius 3 is 2.38 bits per heavy atom. The molecule has 0 radical (unpaired) electrons. The van der Waals surface area contributed by atoms with E-state index in [4.69, 9.17) is 0 Å². The van der Waals surface area contributed by atoms with Gasteiger partial charge in [-0.2, -0.15) is 0 Å². The van der Waals surface area contributed by atoms with E-state index in [-0.39, 0.29) is 5.82 Å². The Balaban J connectivity index is 2.46. The monoisotopic (exact) mass is 351 g/mol. The Morgan fingerprint density at radius 1 is 1.24 bits per heavy atom. The van der Waals surface area contributed by atoms with Crippen molar-refractivity contribution in [3.8, 4) is 11.4 Å². The van der Waals surface area contributed by atoms with Gasteiger partial charge in [0.1, 0.15) is 5.82 Å². The third kappa shape index (κ3) is 3.47. The van der Waals surface area contributed by atoms with Gasteiger partial charge in [-0.05, 0) is 66.5 Å². The zero-order valence-corrected chi connectivity index (χ0v) is 14.3. The molecule has 1 aromatic heterocycles. The lowest BCUT2D eigenvalue weighted by molar-refractivity contribution is 0.621. The highest BCUT2D eigenvalue weighted by Crippen LogP contribution is 2.26. The van der Waals surface area contributed by atoms with Gasteiger partial charge in [0.25, 0.3) is 0 Å². The molecule has 0 aliphatic carbocycles. The first-order valence-electron chi connectivity index (χ1n) is 6.89. The number of likely N-dealkylation sites (N-methyl/N-ethyl adjacent to an activating group) is 1. The molecule has 0 amide bonds. The first-order chi connectivity index (χ1) is 9.93. The predicted octanol–water partition coefficient (Wildman–Crippen LogP) is 3.98. The van der Waals surface area contributed by atoms with Crippen molar-refractivity contribution in [3.63, 3.8) is 0 Å². The van der Waals surface area contributed by atoms with E-state index in [1.165, 1.54) is 11.6 Å². The average Bonchev–Trinajstić information content (AvgIpc) is 2.41. The van der Waals surface area contributed by atoms with Crippen molar-refractivity contribution in [2.24, 2.45) is 0 Å². The van der Waals surface area contributed by atoms with Gasteiger partial charge in [-0.3, -0.25) is 0 Å². The largest absolute Gasteiger partial charge is 0.319 e. The number of benzene rings is 1. The quantitative estimate of drug-likeness (QED) is 0.904. The minimum Gasteiger partial charge on any atom is -0.319 e. The number of halogens is 2. The van der Waals surface area contributed by atoms with E-state index in [9.17, 15) is 4.39 Å². The Labute approximate surface area is 133 Å². The van der Waals surface area contributed by atoms with E-state index < -0.39 is 0 Å².